The molecule has 1 aromatic heterocycles. The lowest BCUT2D eigenvalue weighted by atomic mass is 10.00. The fourth-order valence-corrected chi connectivity index (χ4v) is 3.70. The zero-order valence-corrected chi connectivity index (χ0v) is 16.8. The molecule has 1 saturated heterocycles. The van der Waals surface area contributed by atoms with Crippen LogP contribution in [0.25, 0.3) is 0 Å². The number of nitrogens with zero attached hydrogens (tertiary/aromatic N) is 3. The summed E-state index contributed by atoms with van der Waals surface area (Å²) in [6.07, 6.45) is 4.93. The van der Waals surface area contributed by atoms with E-state index in [0.717, 1.165) is 47.5 Å². The van der Waals surface area contributed by atoms with E-state index in [1.54, 1.807) is 14.2 Å². The van der Waals surface area contributed by atoms with Crippen molar-refractivity contribution >= 4 is 11.6 Å². The Kier molecular flexibility index (Phi) is 6.37. The first-order valence-electron chi connectivity index (χ1n) is 9.71. The number of nitrogens with one attached hydrogen (secondary N) is 1. The van der Waals surface area contributed by atoms with Crippen LogP contribution < -0.4 is 19.7 Å². The number of aryl methyl sites for hydroxylation is 1. The van der Waals surface area contributed by atoms with Gasteiger partial charge in [0.15, 0.2) is 11.5 Å². The minimum atomic E-state index is 0.576. The number of hydrogen-bond acceptors (Lipinski definition) is 6. The Hall–Kier alpha value is -2.50. The molecule has 1 aromatic carbocycles. The third kappa shape index (κ3) is 4.62. The highest BCUT2D eigenvalue weighted by molar-refractivity contribution is 5.51. The summed E-state index contributed by atoms with van der Waals surface area (Å²) in [5.74, 6) is 4.15. The summed E-state index contributed by atoms with van der Waals surface area (Å²) in [5, 5.41) is 3.43. The van der Waals surface area contributed by atoms with Crippen LogP contribution >= 0.6 is 0 Å². The molecule has 0 bridgehead atoms. The third-order valence-electron chi connectivity index (χ3n) is 5.14. The molecule has 146 valence electrons. The van der Waals surface area contributed by atoms with Gasteiger partial charge in [-0.1, -0.05) is 13.0 Å². The first-order valence-corrected chi connectivity index (χ1v) is 9.71. The second-order valence-corrected chi connectivity index (χ2v) is 6.95. The molecule has 1 aliphatic heterocycles. The van der Waals surface area contributed by atoms with Gasteiger partial charge in [0.2, 0.25) is 0 Å². The molecule has 3 rings (SSSR count). The Bertz CT molecular complexity index is 766. The van der Waals surface area contributed by atoms with Crippen molar-refractivity contribution in [3.8, 4) is 11.5 Å². The van der Waals surface area contributed by atoms with Crippen molar-refractivity contribution in [2.75, 3.05) is 31.0 Å². The van der Waals surface area contributed by atoms with Gasteiger partial charge >= 0.3 is 0 Å². The van der Waals surface area contributed by atoms with Gasteiger partial charge in [-0.15, -0.1) is 0 Å². The molecule has 0 spiro atoms. The van der Waals surface area contributed by atoms with Gasteiger partial charge in [0, 0.05) is 25.2 Å². The van der Waals surface area contributed by atoms with Crippen molar-refractivity contribution in [3.63, 3.8) is 0 Å². The van der Waals surface area contributed by atoms with Gasteiger partial charge in [-0.2, -0.15) is 0 Å². The van der Waals surface area contributed by atoms with E-state index in [2.05, 4.69) is 28.2 Å². The summed E-state index contributed by atoms with van der Waals surface area (Å²) >= 11 is 0. The van der Waals surface area contributed by atoms with Crippen LogP contribution in [0, 0.1) is 6.92 Å². The lowest BCUT2D eigenvalue weighted by Gasteiger charge is -2.36. The third-order valence-corrected chi connectivity index (χ3v) is 5.14. The average molecular weight is 370 g/mol. The topological polar surface area (TPSA) is 59.5 Å². The van der Waals surface area contributed by atoms with Crippen LogP contribution in [0.4, 0.5) is 11.6 Å². The Balaban J connectivity index is 1.75. The molecule has 1 fully saturated rings. The lowest BCUT2D eigenvalue weighted by Crippen LogP contribution is -2.39. The number of aromatic nitrogens is 2. The molecule has 0 saturated carbocycles. The van der Waals surface area contributed by atoms with Crippen LogP contribution in [0.1, 0.15) is 44.0 Å². The fraction of sp³-hybridized carbons (Fsp3) is 0.524. The maximum Gasteiger partial charge on any atom is 0.161 e. The highest BCUT2D eigenvalue weighted by Gasteiger charge is 2.22. The number of rotatable bonds is 7. The monoisotopic (exact) mass is 370 g/mol. The molecular weight excluding hydrogens is 340 g/mol. The van der Waals surface area contributed by atoms with E-state index in [4.69, 9.17) is 14.5 Å². The van der Waals surface area contributed by atoms with E-state index in [9.17, 15) is 0 Å². The van der Waals surface area contributed by atoms with Gasteiger partial charge in [0.05, 0.1) is 14.2 Å². The molecule has 0 aliphatic carbocycles. The van der Waals surface area contributed by atoms with Crippen LogP contribution in [-0.2, 0) is 6.54 Å². The second-order valence-electron chi connectivity index (χ2n) is 6.95. The second kappa shape index (κ2) is 8.93. The lowest BCUT2D eigenvalue weighted by molar-refractivity contribution is 0.354. The summed E-state index contributed by atoms with van der Waals surface area (Å²) in [4.78, 5) is 11.7. The Morgan fingerprint density at radius 3 is 2.67 bits per heavy atom. The minimum absolute atomic E-state index is 0.576. The summed E-state index contributed by atoms with van der Waals surface area (Å²) in [5.41, 5.74) is 1.11. The van der Waals surface area contributed by atoms with Crippen molar-refractivity contribution in [3.05, 3.63) is 35.7 Å². The smallest absolute Gasteiger partial charge is 0.161 e. The zero-order chi connectivity index (χ0) is 19.2. The molecule has 6 heteroatoms. The largest absolute Gasteiger partial charge is 0.493 e. The molecule has 1 unspecified atom stereocenters. The summed E-state index contributed by atoms with van der Waals surface area (Å²) < 4.78 is 10.7. The predicted molar refractivity (Wildman–Crippen MR) is 109 cm³/mol. The number of hydrogen-bond donors (Lipinski definition) is 1. The van der Waals surface area contributed by atoms with E-state index in [-0.39, 0.29) is 0 Å². The predicted octanol–water partition coefficient (Wildman–Crippen LogP) is 4.18. The normalized spacial score (nSPS) is 16.9. The van der Waals surface area contributed by atoms with Gasteiger partial charge in [-0.3, -0.25) is 0 Å². The Morgan fingerprint density at radius 1 is 1.11 bits per heavy atom. The molecule has 0 radical (unpaired) electrons. The molecule has 2 aromatic rings. The van der Waals surface area contributed by atoms with E-state index in [0.29, 0.717) is 12.6 Å². The molecule has 0 amide bonds. The van der Waals surface area contributed by atoms with Crippen molar-refractivity contribution in [2.45, 2.75) is 52.1 Å². The van der Waals surface area contributed by atoms with Gasteiger partial charge in [0.1, 0.15) is 17.5 Å². The molecule has 1 aliphatic rings. The number of anilines is 2. The van der Waals surface area contributed by atoms with E-state index >= 15 is 0 Å². The van der Waals surface area contributed by atoms with E-state index in [1.165, 1.54) is 19.3 Å². The van der Waals surface area contributed by atoms with Crippen molar-refractivity contribution in [2.24, 2.45) is 0 Å². The van der Waals surface area contributed by atoms with Gasteiger partial charge in [-0.25, -0.2) is 9.97 Å². The van der Waals surface area contributed by atoms with Crippen LogP contribution in [0.2, 0.25) is 0 Å². The zero-order valence-electron chi connectivity index (χ0n) is 16.8. The average Bonchev–Trinajstić information content (AvgIpc) is 2.71. The maximum atomic E-state index is 5.39. The molecule has 2 heterocycles. The molecule has 1 N–H and O–H groups in total. The minimum Gasteiger partial charge on any atom is -0.493 e. The summed E-state index contributed by atoms with van der Waals surface area (Å²) in [6, 6.07) is 8.58. The number of ether oxygens (including phenoxy) is 2. The highest BCUT2D eigenvalue weighted by atomic mass is 16.5. The Morgan fingerprint density at radius 2 is 1.93 bits per heavy atom. The van der Waals surface area contributed by atoms with E-state index in [1.807, 2.05) is 25.1 Å². The number of piperidine rings is 1. The summed E-state index contributed by atoms with van der Waals surface area (Å²) in [6.45, 7) is 5.95. The van der Waals surface area contributed by atoms with Gasteiger partial charge in [-0.05, 0) is 50.3 Å². The van der Waals surface area contributed by atoms with E-state index < -0.39 is 0 Å². The Labute approximate surface area is 161 Å². The molecular formula is C21H30N4O2. The quantitative estimate of drug-likeness (QED) is 0.789. The fourth-order valence-electron chi connectivity index (χ4n) is 3.70. The van der Waals surface area contributed by atoms with Crippen molar-refractivity contribution < 1.29 is 9.47 Å². The standard InChI is InChI=1S/C21H30N4O2/c1-5-17-8-6-7-11-25(17)21-13-20(23-15(2)24-21)22-14-16-9-10-18(26-3)19(12-16)27-4/h9-10,12-13,17H,5-8,11,14H2,1-4H3,(H,22,23,24). The van der Waals surface area contributed by atoms with Gasteiger partial charge in [0.25, 0.3) is 0 Å². The first-order chi connectivity index (χ1) is 13.1. The van der Waals surface area contributed by atoms with Crippen molar-refractivity contribution in [1.29, 1.82) is 0 Å². The van der Waals surface area contributed by atoms with Crippen LogP contribution in [-0.4, -0.2) is 36.8 Å². The summed E-state index contributed by atoms with van der Waals surface area (Å²) in [7, 11) is 3.29. The SMILES string of the molecule is CCC1CCCCN1c1cc(NCc2ccc(OC)c(OC)c2)nc(C)n1. The van der Waals surface area contributed by atoms with Crippen LogP contribution in [0.3, 0.4) is 0 Å². The highest BCUT2D eigenvalue weighted by Crippen LogP contribution is 2.29. The molecule has 6 nitrogen and oxygen atoms in total. The van der Waals surface area contributed by atoms with Gasteiger partial charge < -0.3 is 19.7 Å². The maximum absolute atomic E-state index is 5.39. The molecule has 27 heavy (non-hydrogen) atoms. The number of methoxy groups -OCH3 is 2. The van der Waals surface area contributed by atoms with Crippen LogP contribution in [0.15, 0.2) is 24.3 Å². The van der Waals surface area contributed by atoms with Crippen molar-refractivity contribution in [1.82, 2.24) is 9.97 Å². The van der Waals surface area contributed by atoms with Crippen LogP contribution in [0.5, 0.6) is 11.5 Å². The number of benzene rings is 1. The first kappa shape index (κ1) is 19.3. The molecule has 1 atom stereocenters.